The summed E-state index contributed by atoms with van der Waals surface area (Å²) in [7, 11) is 0. The molecule has 32 heavy (non-hydrogen) atoms. The number of alkyl halides is 2. The fraction of sp³-hybridized carbons (Fsp3) is 0.391. The molecule has 0 saturated carbocycles. The van der Waals surface area contributed by atoms with E-state index in [9.17, 15) is 13.6 Å². The molecule has 3 aromatic rings. The smallest absolute Gasteiger partial charge is 0.280 e. The summed E-state index contributed by atoms with van der Waals surface area (Å²) < 4.78 is 45.4. The molecule has 0 bridgehead atoms. The lowest BCUT2D eigenvalue weighted by Crippen LogP contribution is -2.57. The number of hydrogen-bond donors (Lipinski definition) is 2. The van der Waals surface area contributed by atoms with Crippen LogP contribution in [-0.2, 0) is 6.61 Å². The van der Waals surface area contributed by atoms with Crippen LogP contribution in [-0.4, -0.2) is 42.6 Å². The van der Waals surface area contributed by atoms with Crippen LogP contribution in [0.25, 0.3) is 11.0 Å². The van der Waals surface area contributed by atoms with Crippen LogP contribution in [0.15, 0.2) is 40.9 Å². The summed E-state index contributed by atoms with van der Waals surface area (Å²) in [4.78, 5) is 17.1. The van der Waals surface area contributed by atoms with E-state index in [4.69, 9.17) is 13.9 Å². The lowest BCUT2D eigenvalue weighted by Gasteiger charge is -2.32. The maximum absolute atomic E-state index is 14.2. The summed E-state index contributed by atoms with van der Waals surface area (Å²) in [6.07, 6.45) is 1.79. The molecule has 1 amide bonds. The number of aryl methyl sites for hydroxylation is 1. The van der Waals surface area contributed by atoms with Gasteiger partial charge >= 0.3 is 0 Å². The van der Waals surface area contributed by atoms with E-state index in [0.717, 1.165) is 5.56 Å². The summed E-state index contributed by atoms with van der Waals surface area (Å²) in [5, 5.41) is 5.65. The summed E-state index contributed by atoms with van der Waals surface area (Å²) >= 11 is 0. The summed E-state index contributed by atoms with van der Waals surface area (Å²) in [5.74, 6) is -2.24. The third-order valence-corrected chi connectivity index (χ3v) is 5.37. The number of pyridine rings is 1. The van der Waals surface area contributed by atoms with Gasteiger partial charge in [0.1, 0.15) is 23.7 Å². The number of piperidine rings is 1. The number of ether oxygens (including phenoxy) is 2. The molecule has 9 heteroatoms. The Kier molecular flexibility index (Phi) is 6.27. The molecule has 7 nitrogen and oxygen atoms in total. The Hall–Kier alpha value is -3.20. The minimum absolute atomic E-state index is 0.148. The molecule has 2 N–H and O–H groups in total. The van der Waals surface area contributed by atoms with E-state index in [0.29, 0.717) is 41.5 Å². The van der Waals surface area contributed by atoms with Gasteiger partial charge in [-0.1, -0.05) is 0 Å². The average Bonchev–Trinajstić information content (AvgIpc) is 3.10. The highest BCUT2D eigenvalue weighted by Gasteiger charge is 2.42. The van der Waals surface area contributed by atoms with Crippen molar-refractivity contribution in [1.82, 2.24) is 15.6 Å². The zero-order chi connectivity index (χ0) is 22.7. The quantitative estimate of drug-likeness (QED) is 0.575. The van der Waals surface area contributed by atoms with E-state index in [2.05, 4.69) is 15.6 Å². The Labute approximate surface area is 184 Å². The highest BCUT2D eigenvalue weighted by molar-refractivity contribution is 6.07. The van der Waals surface area contributed by atoms with Gasteiger partial charge in [-0.15, -0.1) is 0 Å². The number of aromatic nitrogens is 1. The number of nitrogens with one attached hydrogen (secondary N) is 2. The second-order valence-electron chi connectivity index (χ2n) is 7.63. The number of amides is 1. The second kappa shape index (κ2) is 9.12. The SMILES string of the molecule is CCOc1ncccc1COc1ccc2oc(C)c(C(=O)NC3CCNCC3(F)F)c2c1. The van der Waals surface area contributed by atoms with Gasteiger partial charge in [0.2, 0.25) is 5.88 Å². The number of rotatable bonds is 7. The first-order valence-electron chi connectivity index (χ1n) is 10.5. The van der Waals surface area contributed by atoms with Gasteiger partial charge in [0.15, 0.2) is 0 Å². The van der Waals surface area contributed by atoms with Gasteiger partial charge in [-0.3, -0.25) is 4.79 Å². The van der Waals surface area contributed by atoms with Crippen molar-refractivity contribution in [1.29, 1.82) is 0 Å². The number of halogens is 2. The van der Waals surface area contributed by atoms with Gasteiger partial charge in [-0.25, -0.2) is 13.8 Å². The fourth-order valence-corrected chi connectivity index (χ4v) is 3.78. The fourth-order valence-electron chi connectivity index (χ4n) is 3.78. The minimum atomic E-state index is -3.02. The molecule has 2 aromatic heterocycles. The van der Waals surface area contributed by atoms with Crippen LogP contribution in [0, 0.1) is 6.92 Å². The molecule has 4 rings (SSSR count). The van der Waals surface area contributed by atoms with E-state index < -0.39 is 24.4 Å². The van der Waals surface area contributed by atoms with E-state index >= 15 is 0 Å². The van der Waals surface area contributed by atoms with Gasteiger partial charge in [0.05, 0.1) is 30.3 Å². The van der Waals surface area contributed by atoms with Gasteiger partial charge in [-0.05, 0) is 57.1 Å². The number of carbonyl (C=O) groups is 1. The second-order valence-corrected chi connectivity index (χ2v) is 7.63. The molecule has 1 saturated heterocycles. The molecule has 1 atom stereocenters. The first-order chi connectivity index (χ1) is 15.4. The van der Waals surface area contributed by atoms with Gasteiger partial charge < -0.3 is 24.5 Å². The number of furan rings is 1. The van der Waals surface area contributed by atoms with E-state index in [1.165, 1.54) is 0 Å². The van der Waals surface area contributed by atoms with E-state index in [-0.39, 0.29) is 18.6 Å². The van der Waals surface area contributed by atoms with Crippen molar-refractivity contribution in [2.24, 2.45) is 0 Å². The molecule has 1 aliphatic heterocycles. The van der Waals surface area contributed by atoms with Crippen LogP contribution in [0.4, 0.5) is 8.78 Å². The monoisotopic (exact) mass is 445 g/mol. The zero-order valence-corrected chi connectivity index (χ0v) is 17.9. The standard InChI is InChI=1S/C23H25F2N3O4/c1-3-30-22-15(5-4-9-27-22)12-31-16-6-7-18-17(11-16)20(14(2)32-18)21(29)28-19-8-10-26-13-23(19,24)25/h4-7,9,11,19,26H,3,8,10,12-13H2,1-2H3,(H,28,29). The molecular weight excluding hydrogens is 420 g/mol. The van der Waals surface area contributed by atoms with Crippen LogP contribution in [0.2, 0.25) is 0 Å². The number of nitrogens with zero attached hydrogens (tertiary/aromatic N) is 1. The maximum atomic E-state index is 14.2. The zero-order valence-electron chi connectivity index (χ0n) is 17.9. The van der Waals surface area contributed by atoms with Crippen molar-refractivity contribution >= 4 is 16.9 Å². The minimum Gasteiger partial charge on any atom is -0.489 e. The van der Waals surface area contributed by atoms with Crippen molar-refractivity contribution in [2.75, 3.05) is 19.7 Å². The van der Waals surface area contributed by atoms with Gasteiger partial charge in [0.25, 0.3) is 11.8 Å². The van der Waals surface area contributed by atoms with Crippen LogP contribution in [0.1, 0.15) is 35.0 Å². The third-order valence-electron chi connectivity index (χ3n) is 5.37. The molecule has 0 aliphatic carbocycles. The predicted octanol–water partition coefficient (Wildman–Crippen LogP) is 3.84. The topological polar surface area (TPSA) is 85.6 Å². The van der Waals surface area contributed by atoms with Crippen LogP contribution in [0.5, 0.6) is 11.6 Å². The molecule has 1 fully saturated rings. The van der Waals surface area contributed by atoms with Crippen LogP contribution < -0.4 is 20.1 Å². The van der Waals surface area contributed by atoms with Crippen molar-refractivity contribution in [2.45, 2.75) is 38.8 Å². The molecule has 3 heterocycles. The molecule has 170 valence electrons. The highest BCUT2D eigenvalue weighted by atomic mass is 19.3. The van der Waals surface area contributed by atoms with Crippen molar-refractivity contribution in [3.63, 3.8) is 0 Å². The molecule has 1 unspecified atom stereocenters. The summed E-state index contributed by atoms with van der Waals surface area (Å²) in [6.45, 7) is 4.18. The maximum Gasteiger partial charge on any atom is 0.280 e. The third kappa shape index (κ3) is 4.52. The Bertz CT molecular complexity index is 1120. The molecule has 0 spiro atoms. The Balaban J connectivity index is 1.55. The van der Waals surface area contributed by atoms with Crippen molar-refractivity contribution < 1.29 is 27.5 Å². The van der Waals surface area contributed by atoms with Crippen LogP contribution in [0.3, 0.4) is 0 Å². The van der Waals surface area contributed by atoms with Crippen molar-refractivity contribution in [3.05, 3.63) is 53.4 Å². The molecule has 0 radical (unpaired) electrons. The first kappa shape index (κ1) is 22.0. The first-order valence-corrected chi connectivity index (χ1v) is 10.5. The Morgan fingerprint density at radius 3 is 2.97 bits per heavy atom. The number of fused-ring (bicyclic) bond motifs is 1. The van der Waals surface area contributed by atoms with Crippen molar-refractivity contribution in [3.8, 4) is 11.6 Å². The van der Waals surface area contributed by atoms with Crippen LogP contribution >= 0.6 is 0 Å². The van der Waals surface area contributed by atoms with E-state index in [1.54, 1.807) is 37.4 Å². The van der Waals surface area contributed by atoms with Gasteiger partial charge in [0, 0.05) is 11.6 Å². The Morgan fingerprint density at radius 1 is 1.34 bits per heavy atom. The molecule has 1 aromatic carbocycles. The number of benzene rings is 1. The number of hydrogen-bond acceptors (Lipinski definition) is 6. The number of carbonyl (C=O) groups excluding carboxylic acids is 1. The average molecular weight is 445 g/mol. The Morgan fingerprint density at radius 2 is 2.19 bits per heavy atom. The van der Waals surface area contributed by atoms with Gasteiger partial charge in [-0.2, -0.15) is 0 Å². The largest absolute Gasteiger partial charge is 0.489 e. The molecule has 1 aliphatic rings. The highest BCUT2D eigenvalue weighted by Crippen LogP contribution is 2.31. The van der Waals surface area contributed by atoms with E-state index in [1.807, 2.05) is 13.0 Å². The summed E-state index contributed by atoms with van der Waals surface area (Å²) in [5.41, 5.74) is 1.49. The lowest BCUT2D eigenvalue weighted by molar-refractivity contribution is -0.0487. The lowest BCUT2D eigenvalue weighted by atomic mass is 10.0. The normalized spacial score (nSPS) is 17.8. The summed E-state index contributed by atoms with van der Waals surface area (Å²) in [6, 6.07) is 7.52. The molecular formula is C23H25F2N3O4. The predicted molar refractivity (Wildman–Crippen MR) is 114 cm³/mol.